The number of nitro benzene ring substituents is 1. The summed E-state index contributed by atoms with van der Waals surface area (Å²) < 4.78 is 5.53. The molecule has 7 heteroatoms. The van der Waals surface area contributed by atoms with Crippen molar-refractivity contribution in [1.82, 2.24) is 0 Å². The van der Waals surface area contributed by atoms with Gasteiger partial charge in [-0.3, -0.25) is 19.7 Å². The van der Waals surface area contributed by atoms with E-state index < -0.39 is 4.92 Å². The second-order valence-electron chi connectivity index (χ2n) is 5.35. The molecule has 1 aliphatic rings. The second kappa shape index (κ2) is 6.11. The minimum absolute atomic E-state index is 0.0761. The van der Waals surface area contributed by atoms with Gasteiger partial charge in [-0.2, -0.15) is 0 Å². The Kier molecular flexibility index (Phi) is 3.99. The highest BCUT2D eigenvalue weighted by atomic mass is 16.6. The number of nitrogens with zero attached hydrogens (tertiary/aromatic N) is 2. The largest absolute Gasteiger partial charge is 0.490 e. The number of nitro groups is 1. The number of Topliss-reactive ketones (excluding diaryl/α,β-unsaturated/α-hetero) is 1. The van der Waals surface area contributed by atoms with Gasteiger partial charge >= 0.3 is 0 Å². The van der Waals surface area contributed by atoms with Gasteiger partial charge in [-0.25, -0.2) is 0 Å². The molecule has 24 heavy (non-hydrogen) atoms. The molecule has 1 amide bonds. The smallest absolute Gasteiger partial charge is 0.269 e. The topological polar surface area (TPSA) is 89.8 Å². The fraction of sp³-hybridized carbons (Fsp3) is 0.176. The normalized spacial score (nSPS) is 13.0. The lowest BCUT2D eigenvalue weighted by Crippen LogP contribution is -2.38. The lowest BCUT2D eigenvalue weighted by Gasteiger charge is -2.30. The van der Waals surface area contributed by atoms with Gasteiger partial charge in [-0.1, -0.05) is 0 Å². The molecule has 7 nitrogen and oxygen atoms in total. The summed E-state index contributed by atoms with van der Waals surface area (Å²) in [4.78, 5) is 36.0. The molecule has 1 aliphatic heterocycles. The third-order valence-electron chi connectivity index (χ3n) is 3.80. The lowest BCUT2D eigenvalue weighted by molar-refractivity contribution is -0.384. The van der Waals surface area contributed by atoms with Crippen molar-refractivity contribution in [2.24, 2.45) is 0 Å². The number of ether oxygens (including phenoxy) is 1. The summed E-state index contributed by atoms with van der Waals surface area (Å²) in [6.45, 7) is 2.13. The molecule has 2 aromatic rings. The first-order valence-corrected chi connectivity index (χ1v) is 7.31. The van der Waals surface area contributed by atoms with Gasteiger partial charge in [0.25, 0.3) is 11.6 Å². The van der Waals surface area contributed by atoms with Crippen LogP contribution in [0.5, 0.6) is 5.75 Å². The minimum Gasteiger partial charge on any atom is -0.490 e. The number of fused-ring (bicyclic) bond motifs is 1. The Hall–Kier alpha value is -3.22. The van der Waals surface area contributed by atoms with Crippen LogP contribution in [-0.2, 0) is 0 Å². The highest BCUT2D eigenvalue weighted by Crippen LogP contribution is 2.33. The molecule has 0 aromatic heterocycles. The number of hydrogen-bond donors (Lipinski definition) is 0. The molecule has 0 saturated carbocycles. The highest BCUT2D eigenvalue weighted by molar-refractivity contribution is 6.08. The van der Waals surface area contributed by atoms with E-state index in [0.717, 1.165) is 0 Å². The van der Waals surface area contributed by atoms with E-state index in [4.69, 9.17) is 4.74 Å². The summed E-state index contributed by atoms with van der Waals surface area (Å²) in [6.07, 6.45) is 0. The number of carbonyl (C=O) groups excluding carboxylic acids is 2. The first-order valence-electron chi connectivity index (χ1n) is 7.31. The number of benzene rings is 2. The Morgan fingerprint density at radius 3 is 2.42 bits per heavy atom. The van der Waals surface area contributed by atoms with E-state index in [1.807, 2.05) is 0 Å². The maximum absolute atomic E-state index is 12.7. The summed E-state index contributed by atoms with van der Waals surface area (Å²) in [5.74, 6) is 0.128. The number of ketones is 1. The van der Waals surface area contributed by atoms with E-state index in [-0.39, 0.29) is 17.4 Å². The number of rotatable bonds is 3. The molecule has 0 aliphatic carbocycles. The van der Waals surface area contributed by atoms with Crippen LogP contribution in [0.15, 0.2) is 42.5 Å². The van der Waals surface area contributed by atoms with Crippen LogP contribution in [0.2, 0.25) is 0 Å². The SMILES string of the molecule is CC(=O)c1ccc2c(c1)N(C(=O)c1ccc([N+](=O)[O-])cc1)CCO2. The third-order valence-corrected chi connectivity index (χ3v) is 3.80. The van der Waals surface area contributed by atoms with E-state index in [1.165, 1.54) is 36.1 Å². The summed E-state index contributed by atoms with van der Waals surface area (Å²) in [6, 6.07) is 10.4. The van der Waals surface area contributed by atoms with Gasteiger partial charge in [0.05, 0.1) is 17.2 Å². The van der Waals surface area contributed by atoms with Crippen LogP contribution < -0.4 is 9.64 Å². The molecule has 0 saturated heterocycles. The minimum atomic E-state index is -0.516. The molecule has 2 aromatic carbocycles. The lowest BCUT2D eigenvalue weighted by atomic mass is 10.1. The summed E-state index contributed by atoms with van der Waals surface area (Å²) in [7, 11) is 0. The van der Waals surface area contributed by atoms with Crippen molar-refractivity contribution in [2.75, 3.05) is 18.1 Å². The van der Waals surface area contributed by atoms with Gasteiger partial charge in [0.15, 0.2) is 5.78 Å². The van der Waals surface area contributed by atoms with Gasteiger partial charge in [0, 0.05) is 23.3 Å². The third kappa shape index (κ3) is 2.83. The van der Waals surface area contributed by atoms with Gasteiger partial charge in [0.1, 0.15) is 12.4 Å². The van der Waals surface area contributed by atoms with E-state index in [9.17, 15) is 19.7 Å². The Bertz CT molecular complexity index is 829. The molecule has 3 rings (SSSR count). The average Bonchev–Trinajstić information content (AvgIpc) is 2.60. The van der Waals surface area contributed by atoms with Crippen molar-refractivity contribution in [3.8, 4) is 5.75 Å². The van der Waals surface area contributed by atoms with Crippen LogP contribution in [0.4, 0.5) is 11.4 Å². The predicted octanol–water partition coefficient (Wildman–Crippen LogP) is 2.84. The monoisotopic (exact) mass is 326 g/mol. The molecule has 0 unspecified atom stereocenters. The van der Waals surface area contributed by atoms with Crippen LogP contribution in [0.1, 0.15) is 27.6 Å². The molecule has 0 spiro atoms. The molecular weight excluding hydrogens is 312 g/mol. The van der Waals surface area contributed by atoms with Crippen molar-refractivity contribution < 1.29 is 19.2 Å². The number of amides is 1. The van der Waals surface area contributed by atoms with E-state index >= 15 is 0 Å². The van der Waals surface area contributed by atoms with Crippen molar-refractivity contribution in [2.45, 2.75) is 6.92 Å². The zero-order valence-electron chi connectivity index (χ0n) is 12.9. The zero-order chi connectivity index (χ0) is 17.3. The van der Waals surface area contributed by atoms with Crippen LogP contribution in [0, 0.1) is 10.1 Å². The van der Waals surface area contributed by atoms with Crippen LogP contribution in [0.3, 0.4) is 0 Å². The number of hydrogen-bond acceptors (Lipinski definition) is 5. The number of non-ortho nitro benzene ring substituents is 1. The van der Waals surface area contributed by atoms with Crippen molar-refractivity contribution >= 4 is 23.1 Å². The van der Waals surface area contributed by atoms with Crippen LogP contribution in [0.25, 0.3) is 0 Å². The molecular formula is C17H14N2O5. The molecule has 0 fully saturated rings. The fourth-order valence-electron chi connectivity index (χ4n) is 2.53. The quantitative estimate of drug-likeness (QED) is 0.491. The van der Waals surface area contributed by atoms with Crippen molar-refractivity contribution in [3.63, 3.8) is 0 Å². The Morgan fingerprint density at radius 2 is 1.79 bits per heavy atom. The summed E-state index contributed by atoms with van der Waals surface area (Å²) >= 11 is 0. The average molecular weight is 326 g/mol. The van der Waals surface area contributed by atoms with Crippen LogP contribution >= 0.6 is 0 Å². The first-order chi connectivity index (χ1) is 11.5. The van der Waals surface area contributed by atoms with E-state index in [1.54, 1.807) is 18.2 Å². The van der Waals surface area contributed by atoms with Crippen LogP contribution in [-0.4, -0.2) is 29.8 Å². The van der Waals surface area contributed by atoms with E-state index in [2.05, 4.69) is 0 Å². The van der Waals surface area contributed by atoms with Crippen molar-refractivity contribution in [3.05, 3.63) is 63.7 Å². The zero-order valence-corrected chi connectivity index (χ0v) is 12.9. The molecule has 0 bridgehead atoms. The summed E-state index contributed by atoms with van der Waals surface area (Å²) in [5, 5.41) is 10.7. The Labute approximate surface area is 137 Å². The maximum atomic E-state index is 12.7. The molecule has 0 atom stereocenters. The number of carbonyl (C=O) groups is 2. The molecule has 1 heterocycles. The van der Waals surface area contributed by atoms with Gasteiger partial charge < -0.3 is 9.64 Å². The highest BCUT2D eigenvalue weighted by Gasteiger charge is 2.25. The second-order valence-corrected chi connectivity index (χ2v) is 5.35. The van der Waals surface area contributed by atoms with Crippen molar-refractivity contribution in [1.29, 1.82) is 0 Å². The molecule has 122 valence electrons. The van der Waals surface area contributed by atoms with Gasteiger partial charge in [-0.05, 0) is 37.3 Å². The first kappa shape index (κ1) is 15.7. The fourth-order valence-corrected chi connectivity index (χ4v) is 2.53. The predicted molar refractivity (Wildman–Crippen MR) is 86.7 cm³/mol. The van der Waals surface area contributed by atoms with Gasteiger partial charge in [-0.15, -0.1) is 0 Å². The Balaban J connectivity index is 1.95. The Morgan fingerprint density at radius 1 is 1.12 bits per heavy atom. The standard InChI is InChI=1S/C17H14N2O5/c1-11(20)13-4-7-16-15(10-13)18(8-9-24-16)17(21)12-2-5-14(6-3-12)19(22)23/h2-7,10H,8-9H2,1H3. The maximum Gasteiger partial charge on any atom is 0.269 e. The molecule has 0 radical (unpaired) electrons. The van der Waals surface area contributed by atoms with Gasteiger partial charge in [0.2, 0.25) is 0 Å². The summed E-state index contributed by atoms with van der Waals surface area (Å²) in [5.41, 5.74) is 1.27. The van der Waals surface area contributed by atoms with E-state index in [0.29, 0.717) is 35.7 Å². The molecule has 0 N–H and O–H groups in total. The number of anilines is 1.